The summed E-state index contributed by atoms with van der Waals surface area (Å²) >= 11 is 16.5. The van der Waals surface area contributed by atoms with Crippen LogP contribution in [0.4, 0.5) is 0 Å². The number of fused-ring (bicyclic) bond motifs is 1. The van der Waals surface area contributed by atoms with Crippen molar-refractivity contribution in [3.05, 3.63) is 54.3 Å². The standard InChI is InChI=1S/C14H7BrCl2O2S/c1-6-2-8(15)3-7-4-10(19-13(6)7)12(18)9-5-11(16)20-14(9)17/h2-5H,1H3. The van der Waals surface area contributed by atoms with Gasteiger partial charge < -0.3 is 4.42 Å². The van der Waals surface area contributed by atoms with Crippen LogP contribution >= 0.6 is 50.5 Å². The van der Waals surface area contributed by atoms with Gasteiger partial charge in [-0.15, -0.1) is 11.3 Å². The van der Waals surface area contributed by atoms with E-state index in [1.54, 1.807) is 12.1 Å². The van der Waals surface area contributed by atoms with Crippen LogP contribution in [0.15, 0.2) is 33.2 Å². The van der Waals surface area contributed by atoms with Gasteiger partial charge in [-0.05, 0) is 36.8 Å². The maximum atomic E-state index is 12.4. The van der Waals surface area contributed by atoms with Crippen molar-refractivity contribution in [3.8, 4) is 0 Å². The molecule has 0 aliphatic heterocycles. The minimum Gasteiger partial charge on any atom is -0.452 e. The Balaban J connectivity index is 2.13. The van der Waals surface area contributed by atoms with Crippen LogP contribution < -0.4 is 0 Å². The van der Waals surface area contributed by atoms with E-state index in [-0.39, 0.29) is 11.5 Å². The first kappa shape index (κ1) is 14.1. The molecule has 102 valence electrons. The molecule has 3 aromatic rings. The number of carbonyl (C=O) groups excluding carboxylic acids is 1. The average Bonchev–Trinajstić information content (AvgIpc) is 2.92. The van der Waals surface area contributed by atoms with Crippen LogP contribution in [0.1, 0.15) is 21.7 Å². The van der Waals surface area contributed by atoms with Gasteiger partial charge in [0.25, 0.3) is 0 Å². The fraction of sp³-hybridized carbons (Fsp3) is 0.0714. The zero-order valence-electron chi connectivity index (χ0n) is 10.2. The molecule has 2 aromatic heterocycles. The summed E-state index contributed by atoms with van der Waals surface area (Å²) in [5.41, 5.74) is 2.04. The average molecular weight is 390 g/mol. The van der Waals surface area contributed by atoms with Crippen LogP contribution in [0.3, 0.4) is 0 Å². The highest BCUT2D eigenvalue weighted by atomic mass is 79.9. The number of halogens is 3. The predicted molar refractivity (Wildman–Crippen MR) is 86.4 cm³/mol. The zero-order valence-corrected chi connectivity index (χ0v) is 14.1. The summed E-state index contributed by atoms with van der Waals surface area (Å²) in [7, 11) is 0. The van der Waals surface area contributed by atoms with Gasteiger partial charge in [-0.3, -0.25) is 4.79 Å². The molecule has 6 heteroatoms. The summed E-state index contributed by atoms with van der Waals surface area (Å²) in [5, 5.41) is 0.873. The Morgan fingerprint density at radius 2 is 2.00 bits per heavy atom. The minimum atomic E-state index is -0.259. The Labute approximate surface area is 137 Å². The summed E-state index contributed by atoms with van der Waals surface area (Å²) in [6.45, 7) is 1.93. The van der Waals surface area contributed by atoms with Crippen molar-refractivity contribution in [2.24, 2.45) is 0 Å². The highest BCUT2D eigenvalue weighted by Gasteiger charge is 2.20. The summed E-state index contributed by atoms with van der Waals surface area (Å²) in [6, 6.07) is 7.13. The van der Waals surface area contributed by atoms with Crippen LogP contribution in [-0.4, -0.2) is 5.78 Å². The topological polar surface area (TPSA) is 30.2 Å². The number of benzene rings is 1. The van der Waals surface area contributed by atoms with Crippen LogP contribution in [0, 0.1) is 6.92 Å². The fourth-order valence-corrected chi connectivity index (χ4v) is 4.07. The molecule has 0 unspecified atom stereocenters. The summed E-state index contributed by atoms with van der Waals surface area (Å²) in [6.07, 6.45) is 0. The molecule has 0 fully saturated rings. The number of furan rings is 1. The monoisotopic (exact) mass is 388 g/mol. The fourth-order valence-electron chi connectivity index (χ4n) is 2.02. The van der Waals surface area contributed by atoms with Gasteiger partial charge in [-0.1, -0.05) is 39.1 Å². The lowest BCUT2D eigenvalue weighted by atomic mass is 10.1. The van der Waals surface area contributed by atoms with E-state index < -0.39 is 0 Å². The molecule has 1 aromatic carbocycles. The summed E-state index contributed by atoms with van der Waals surface area (Å²) < 4.78 is 7.46. The number of aryl methyl sites for hydroxylation is 1. The van der Waals surface area contributed by atoms with E-state index in [9.17, 15) is 4.79 Å². The number of ketones is 1. The van der Waals surface area contributed by atoms with Gasteiger partial charge in [-0.2, -0.15) is 0 Å². The number of rotatable bonds is 2. The van der Waals surface area contributed by atoms with Crippen LogP contribution in [-0.2, 0) is 0 Å². The number of hydrogen-bond donors (Lipinski definition) is 0. The lowest BCUT2D eigenvalue weighted by molar-refractivity contribution is 0.101. The highest BCUT2D eigenvalue weighted by Crippen LogP contribution is 2.34. The van der Waals surface area contributed by atoms with Gasteiger partial charge in [0.15, 0.2) is 5.76 Å². The molecular formula is C14H7BrCl2O2S. The first-order valence-corrected chi connectivity index (χ1v) is 8.01. The molecule has 0 bridgehead atoms. The lowest BCUT2D eigenvalue weighted by Crippen LogP contribution is -1.97. The predicted octanol–water partition coefficient (Wildman–Crippen LogP) is 6.10. The van der Waals surface area contributed by atoms with Gasteiger partial charge in [-0.25, -0.2) is 0 Å². The van der Waals surface area contributed by atoms with Gasteiger partial charge in [0.2, 0.25) is 5.78 Å². The Morgan fingerprint density at radius 3 is 2.65 bits per heavy atom. The lowest BCUT2D eigenvalue weighted by Gasteiger charge is -1.96. The number of carbonyl (C=O) groups is 1. The molecule has 0 amide bonds. The van der Waals surface area contributed by atoms with Crippen molar-refractivity contribution in [2.75, 3.05) is 0 Å². The molecule has 2 heterocycles. The normalized spacial score (nSPS) is 11.2. The van der Waals surface area contributed by atoms with E-state index in [1.807, 2.05) is 19.1 Å². The molecule has 2 nitrogen and oxygen atoms in total. The highest BCUT2D eigenvalue weighted by molar-refractivity contribution is 9.10. The molecule has 0 N–H and O–H groups in total. The van der Waals surface area contributed by atoms with Crippen molar-refractivity contribution >= 4 is 67.2 Å². The third-order valence-corrected chi connectivity index (χ3v) is 4.84. The van der Waals surface area contributed by atoms with E-state index >= 15 is 0 Å². The van der Waals surface area contributed by atoms with E-state index in [0.29, 0.717) is 19.8 Å². The Kier molecular flexibility index (Phi) is 3.67. The quantitative estimate of drug-likeness (QED) is 0.495. The van der Waals surface area contributed by atoms with E-state index in [0.717, 1.165) is 15.4 Å². The minimum absolute atomic E-state index is 0.259. The van der Waals surface area contributed by atoms with E-state index in [4.69, 9.17) is 27.6 Å². The van der Waals surface area contributed by atoms with Gasteiger partial charge in [0, 0.05) is 9.86 Å². The second kappa shape index (κ2) is 5.19. The van der Waals surface area contributed by atoms with Crippen molar-refractivity contribution in [2.45, 2.75) is 6.92 Å². The number of hydrogen-bond acceptors (Lipinski definition) is 3. The molecule has 0 atom stereocenters. The van der Waals surface area contributed by atoms with Crippen molar-refractivity contribution in [3.63, 3.8) is 0 Å². The number of thiophene rings is 1. The van der Waals surface area contributed by atoms with E-state index in [1.165, 1.54) is 11.3 Å². The Morgan fingerprint density at radius 1 is 1.25 bits per heavy atom. The molecule has 0 saturated carbocycles. The molecular weight excluding hydrogens is 383 g/mol. The smallest absolute Gasteiger partial charge is 0.230 e. The molecule has 20 heavy (non-hydrogen) atoms. The van der Waals surface area contributed by atoms with Crippen LogP contribution in [0.25, 0.3) is 11.0 Å². The van der Waals surface area contributed by atoms with Crippen LogP contribution in [0.5, 0.6) is 0 Å². The van der Waals surface area contributed by atoms with Gasteiger partial charge in [0.05, 0.1) is 9.90 Å². The maximum absolute atomic E-state index is 12.4. The molecule has 0 spiro atoms. The molecule has 3 rings (SSSR count). The SMILES string of the molecule is Cc1cc(Br)cc2cc(C(=O)c3cc(Cl)sc3Cl)oc12. The third-order valence-electron chi connectivity index (χ3n) is 2.89. The van der Waals surface area contributed by atoms with Crippen molar-refractivity contribution in [1.82, 2.24) is 0 Å². The maximum Gasteiger partial charge on any atom is 0.230 e. The van der Waals surface area contributed by atoms with Crippen molar-refractivity contribution < 1.29 is 9.21 Å². The first-order valence-electron chi connectivity index (χ1n) is 5.65. The van der Waals surface area contributed by atoms with E-state index in [2.05, 4.69) is 15.9 Å². The van der Waals surface area contributed by atoms with Gasteiger partial charge in [0.1, 0.15) is 9.92 Å². The summed E-state index contributed by atoms with van der Waals surface area (Å²) in [5.74, 6) is 0.00226. The second-order valence-electron chi connectivity index (χ2n) is 4.32. The Bertz CT molecular complexity index is 835. The summed E-state index contributed by atoms with van der Waals surface area (Å²) in [4.78, 5) is 12.4. The zero-order chi connectivity index (χ0) is 14.4. The second-order valence-corrected chi connectivity index (χ2v) is 7.52. The van der Waals surface area contributed by atoms with Crippen LogP contribution in [0.2, 0.25) is 8.67 Å². The Hall–Kier alpha value is -0.810. The van der Waals surface area contributed by atoms with Crippen molar-refractivity contribution in [1.29, 1.82) is 0 Å². The molecule has 0 aliphatic carbocycles. The molecule has 0 radical (unpaired) electrons. The molecule has 0 saturated heterocycles. The third kappa shape index (κ3) is 2.42. The first-order chi connectivity index (χ1) is 9.45. The van der Waals surface area contributed by atoms with Gasteiger partial charge >= 0.3 is 0 Å². The molecule has 0 aliphatic rings. The largest absolute Gasteiger partial charge is 0.452 e.